The van der Waals surface area contributed by atoms with Crippen molar-refractivity contribution in [2.75, 3.05) is 13.7 Å². The van der Waals surface area contributed by atoms with Crippen LogP contribution in [0.15, 0.2) is 0 Å². The largest absolute Gasteiger partial charge is 0.381 e. The zero-order valence-corrected chi connectivity index (χ0v) is 8.25. The molecule has 1 saturated carbocycles. The predicted molar refractivity (Wildman–Crippen MR) is 51.0 cm³/mol. The predicted octanol–water partition coefficient (Wildman–Crippen LogP) is 1.79. The fourth-order valence-electron chi connectivity index (χ4n) is 2.09. The summed E-state index contributed by atoms with van der Waals surface area (Å²) >= 11 is 0. The van der Waals surface area contributed by atoms with Gasteiger partial charge in [-0.15, -0.1) is 0 Å². The van der Waals surface area contributed by atoms with E-state index in [9.17, 15) is 0 Å². The molecule has 0 radical (unpaired) electrons. The summed E-state index contributed by atoms with van der Waals surface area (Å²) in [5, 5.41) is 0. The van der Waals surface area contributed by atoms with Gasteiger partial charge in [0.1, 0.15) is 0 Å². The Morgan fingerprint density at radius 1 is 1.33 bits per heavy atom. The summed E-state index contributed by atoms with van der Waals surface area (Å²) in [6.45, 7) is 3.10. The molecule has 2 N–H and O–H groups in total. The Morgan fingerprint density at radius 2 is 1.92 bits per heavy atom. The van der Waals surface area contributed by atoms with E-state index in [2.05, 4.69) is 6.92 Å². The summed E-state index contributed by atoms with van der Waals surface area (Å²) in [6, 6.07) is 0. The Balaban J connectivity index is 2.25. The van der Waals surface area contributed by atoms with Gasteiger partial charge >= 0.3 is 0 Å². The van der Waals surface area contributed by atoms with Crippen LogP contribution in [0.3, 0.4) is 0 Å². The Kier molecular flexibility index (Phi) is 4.02. The van der Waals surface area contributed by atoms with Crippen LogP contribution in [0.2, 0.25) is 0 Å². The van der Waals surface area contributed by atoms with Gasteiger partial charge in [0.15, 0.2) is 0 Å². The molecule has 1 fully saturated rings. The van der Waals surface area contributed by atoms with Gasteiger partial charge in [0.2, 0.25) is 0 Å². The molecule has 1 rings (SSSR count). The van der Waals surface area contributed by atoms with E-state index in [1.807, 2.05) is 7.11 Å². The molecule has 72 valence electrons. The minimum absolute atomic E-state index is 0.520. The molecule has 0 bridgehead atoms. The van der Waals surface area contributed by atoms with Crippen molar-refractivity contribution in [1.29, 1.82) is 0 Å². The third-order valence-electron chi connectivity index (χ3n) is 3.23. The van der Waals surface area contributed by atoms with Crippen LogP contribution in [0.5, 0.6) is 0 Å². The minimum atomic E-state index is 0.520. The zero-order valence-electron chi connectivity index (χ0n) is 8.25. The van der Waals surface area contributed by atoms with E-state index < -0.39 is 0 Å². The van der Waals surface area contributed by atoms with Crippen LogP contribution in [0.4, 0.5) is 0 Å². The van der Waals surface area contributed by atoms with E-state index in [-0.39, 0.29) is 0 Å². The average molecular weight is 171 g/mol. The van der Waals surface area contributed by atoms with Gasteiger partial charge in [-0.05, 0) is 44.1 Å². The lowest BCUT2D eigenvalue weighted by Crippen LogP contribution is -2.27. The minimum Gasteiger partial charge on any atom is -0.381 e. The van der Waals surface area contributed by atoms with Crippen LogP contribution >= 0.6 is 0 Å². The van der Waals surface area contributed by atoms with E-state index in [0.29, 0.717) is 12.0 Å². The zero-order chi connectivity index (χ0) is 8.97. The third kappa shape index (κ3) is 2.46. The second-order valence-corrected chi connectivity index (χ2v) is 3.99. The van der Waals surface area contributed by atoms with E-state index in [1.165, 1.54) is 25.7 Å². The van der Waals surface area contributed by atoms with E-state index in [0.717, 1.165) is 12.5 Å². The molecule has 1 aliphatic rings. The maximum atomic E-state index is 5.64. The van der Waals surface area contributed by atoms with Crippen LogP contribution < -0.4 is 5.73 Å². The normalized spacial score (nSPS) is 33.2. The van der Waals surface area contributed by atoms with Crippen molar-refractivity contribution in [3.63, 3.8) is 0 Å². The van der Waals surface area contributed by atoms with Crippen LogP contribution in [-0.4, -0.2) is 19.8 Å². The first-order chi connectivity index (χ1) is 5.77. The highest BCUT2D eigenvalue weighted by Crippen LogP contribution is 2.30. The second kappa shape index (κ2) is 4.83. The molecule has 0 aromatic rings. The number of nitrogens with two attached hydrogens (primary N) is 1. The van der Waals surface area contributed by atoms with Crippen molar-refractivity contribution < 1.29 is 4.74 Å². The first kappa shape index (κ1) is 10.0. The van der Waals surface area contributed by atoms with Crippen LogP contribution in [-0.2, 0) is 4.74 Å². The van der Waals surface area contributed by atoms with Crippen LogP contribution in [0.25, 0.3) is 0 Å². The number of rotatable bonds is 3. The number of hydrogen-bond acceptors (Lipinski definition) is 2. The van der Waals surface area contributed by atoms with Crippen molar-refractivity contribution >= 4 is 0 Å². The highest BCUT2D eigenvalue weighted by molar-refractivity contribution is 4.76. The van der Waals surface area contributed by atoms with Gasteiger partial charge in [-0.3, -0.25) is 0 Å². The fraction of sp³-hybridized carbons (Fsp3) is 1.00. The highest BCUT2D eigenvalue weighted by atomic mass is 16.5. The quantitative estimate of drug-likeness (QED) is 0.702. The van der Waals surface area contributed by atoms with Crippen LogP contribution in [0, 0.1) is 11.8 Å². The molecule has 0 aromatic heterocycles. The van der Waals surface area contributed by atoms with Crippen LogP contribution in [0.1, 0.15) is 32.6 Å². The Bertz CT molecular complexity index is 119. The van der Waals surface area contributed by atoms with Gasteiger partial charge in [0, 0.05) is 7.11 Å². The fourth-order valence-corrected chi connectivity index (χ4v) is 2.09. The second-order valence-electron chi connectivity index (χ2n) is 3.99. The Labute approximate surface area is 75.5 Å². The van der Waals surface area contributed by atoms with Crippen molar-refractivity contribution in [3.05, 3.63) is 0 Å². The van der Waals surface area contributed by atoms with Crippen molar-refractivity contribution in [1.82, 2.24) is 0 Å². The molecule has 12 heavy (non-hydrogen) atoms. The molecule has 1 atom stereocenters. The monoisotopic (exact) mass is 171 g/mol. The van der Waals surface area contributed by atoms with E-state index in [4.69, 9.17) is 10.5 Å². The summed E-state index contributed by atoms with van der Waals surface area (Å²) < 4.78 is 5.32. The topological polar surface area (TPSA) is 35.2 Å². The number of methoxy groups -OCH3 is 1. The number of hydrogen-bond donors (Lipinski definition) is 1. The van der Waals surface area contributed by atoms with Gasteiger partial charge in [0.25, 0.3) is 0 Å². The molecular weight excluding hydrogens is 150 g/mol. The Hall–Kier alpha value is -0.0800. The molecular formula is C10H21NO. The standard InChI is InChI=1S/C10H21NO/c1-8(7-11)9-3-5-10(12-2)6-4-9/h8-10H,3-7,11H2,1-2H3/t8-,9?,10?/m0/s1. The van der Waals surface area contributed by atoms with E-state index in [1.54, 1.807) is 0 Å². The summed E-state index contributed by atoms with van der Waals surface area (Å²) in [7, 11) is 1.82. The summed E-state index contributed by atoms with van der Waals surface area (Å²) in [6.07, 6.45) is 5.58. The van der Waals surface area contributed by atoms with Crippen molar-refractivity contribution in [3.8, 4) is 0 Å². The van der Waals surface area contributed by atoms with Gasteiger partial charge in [-0.1, -0.05) is 6.92 Å². The maximum Gasteiger partial charge on any atom is 0.0571 e. The van der Waals surface area contributed by atoms with Gasteiger partial charge < -0.3 is 10.5 Å². The lowest BCUT2D eigenvalue weighted by atomic mass is 9.80. The van der Waals surface area contributed by atoms with E-state index >= 15 is 0 Å². The molecule has 0 aromatic carbocycles. The summed E-state index contributed by atoms with van der Waals surface area (Å²) in [4.78, 5) is 0. The Morgan fingerprint density at radius 3 is 2.33 bits per heavy atom. The highest BCUT2D eigenvalue weighted by Gasteiger charge is 2.23. The molecule has 2 heteroatoms. The molecule has 2 nitrogen and oxygen atoms in total. The lowest BCUT2D eigenvalue weighted by Gasteiger charge is -2.30. The van der Waals surface area contributed by atoms with Gasteiger partial charge in [-0.25, -0.2) is 0 Å². The molecule has 0 heterocycles. The molecule has 0 saturated heterocycles. The smallest absolute Gasteiger partial charge is 0.0571 e. The third-order valence-corrected chi connectivity index (χ3v) is 3.23. The molecule has 0 unspecified atom stereocenters. The molecule has 0 spiro atoms. The van der Waals surface area contributed by atoms with Gasteiger partial charge in [0.05, 0.1) is 6.10 Å². The van der Waals surface area contributed by atoms with Crippen molar-refractivity contribution in [2.24, 2.45) is 17.6 Å². The maximum absolute atomic E-state index is 5.64. The number of ether oxygens (including phenoxy) is 1. The average Bonchev–Trinajstić information content (AvgIpc) is 2.17. The molecule has 1 aliphatic carbocycles. The first-order valence-corrected chi connectivity index (χ1v) is 5.00. The SMILES string of the molecule is COC1CCC([C@@H](C)CN)CC1. The molecule has 0 amide bonds. The summed E-state index contributed by atoms with van der Waals surface area (Å²) in [5.41, 5.74) is 5.64. The lowest BCUT2D eigenvalue weighted by molar-refractivity contribution is 0.0487. The molecule has 0 aliphatic heterocycles. The van der Waals surface area contributed by atoms with Crippen molar-refractivity contribution in [2.45, 2.75) is 38.7 Å². The van der Waals surface area contributed by atoms with Gasteiger partial charge in [-0.2, -0.15) is 0 Å². The summed E-state index contributed by atoms with van der Waals surface area (Å²) in [5.74, 6) is 1.55. The first-order valence-electron chi connectivity index (χ1n) is 5.00.